The molecule has 0 aromatic heterocycles. The third-order valence-corrected chi connectivity index (χ3v) is 11.5. The molecule has 0 saturated carbocycles. The molecule has 0 aliphatic carbocycles. The minimum atomic E-state index is -1.44. The number of amides is 1. The Balaban J connectivity index is 1.41. The number of aryl methyl sites for hydroxylation is 1. The van der Waals surface area contributed by atoms with Crippen molar-refractivity contribution in [1.29, 1.82) is 0 Å². The van der Waals surface area contributed by atoms with Crippen LogP contribution in [0.4, 0.5) is 11.4 Å². The summed E-state index contributed by atoms with van der Waals surface area (Å²) in [6, 6.07) is 36.2. The molecule has 0 unspecified atom stereocenters. The van der Waals surface area contributed by atoms with Gasteiger partial charge in [-0.2, -0.15) is 0 Å². The number of Topliss-reactive ketones (excluding diaryl/α,β-unsaturated/α-hetero) is 2. The molecule has 8 heteroatoms. The summed E-state index contributed by atoms with van der Waals surface area (Å²) in [5.74, 6) is -1.79. The van der Waals surface area contributed by atoms with Crippen LogP contribution in [0.1, 0.15) is 37.4 Å². The zero-order valence-corrected chi connectivity index (χ0v) is 27.6. The van der Waals surface area contributed by atoms with Crippen molar-refractivity contribution in [2.45, 2.75) is 35.2 Å². The Bertz CT molecular complexity index is 2070. The zero-order valence-electron chi connectivity index (χ0n) is 25.3. The van der Waals surface area contributed by atoms with Crippen LogP contribution < -0.4 is 9.80 Å². The second kappa shape index (κ2) is 11.4. The van der Waals surface area contributed by atoms with E-state index in [9.17, 15) is 4.79 Å². The highest BCUT2D eigenvalue weighted by Crippen LogP contribution is 2.65. The van der Waals surface area contributed by atoms with Crippen LogP contribution in [0, 0.1) is 12.8 Å². The molecule has 5 aromatic rings. The number of ketones is 2. The maximum Gasteiger partial charge on any atom is 0.241 e. The van der Waals surface area contributed by atoms with E-state index in [0.717, 1.165) is 21.7 Å². The monoisotopic (exact) mass is 674 g/mol. The van der Waals surface area contributed by atoms with E-state index >= 15 is 9.59 Å². The summed E-state index contributed by atoms with van der Waals surface area (Å²) >= 11 is 14.5. The maximum absolute atomic E-state index is 15.5. The number of carbonyl (C=O) groups excluding carboxylic acids is 3. The molecule has 3 aliphatic rings. The van der Waals surface area contributed by atoms with Gasteiger partial charge in [-0.3, -0.25) is 14.4 Å². The number of para-hydroxylation sites is 1. The third kappa shape index (κ3) is 4.57. The predicted octanol–water partition coefficient (Wildman–Crippen LogP) is 8.79. The Kier molecular flexibility index (Phi) is 7.28. The van der Waals surface area contributed by atoms with Gasteiger partial charge in [0, 0.05) is 31.8 Å². The van der Waals surface area contributed by atoms with E-state index in [0.29, 0.717) is 39.0 Å². The van der Waals surface area contributed by atoms with Crippen LogP contribution in [-0.2, 0) is 16.8 Å². The Morgan fingerprint density at radius 3 is 2.13 bits per heavy atom. The van der Waals surface area contributed by atoms with Crippen molar-refractivity contribution in [1.82, 2.24) is 0 Å². The summed E-state index contributed by atoms with van der Waals surface area (Å²) in [6.07, 6.45) is 0. The number of benzene rings is 5. The number of halogens is 2. The Morgan fingerprint density at radius 1 is 0.745 bits per heavy atom. The van der Waals surface area contributed by atoms with E-state index < -0.39 is 22.7 Å². The van der Waals surface area contributed by atoms with Crippen LogP contribution in [0.3, 0.4) is 0 Å². The van der Waals surface area contributed by atoms with Crippen molar-refractivity contribution >= 4 is 63.8 Å². The normalized spacial score (nSPS) is 22.4. The highest BCUT2D eigenvalue weighted by atomic mass is 35.5. The van der Waals surface area contributed by atoms with Crippen LogP contribution in [0.5, 0.6) is 0 Å². The standard InChI is InChI=1S/C39H28Cl2N2O3S/c1-23-11-13-25(14-12-23)35(44)33-34(36(45)26-15-17-27(40)18-16-26)43-31-9-5-6-10-32(31)47-38(43)39(33)29-21-28(41)19-20-30(29)42(37(39)46)22-24-7-3-2-4-8-24/h2-21,33-34,38H,22H2,1H3/t33-,34-,38+,39+/m0/s1. The Morgan fingerprint density at radius 2 is 1.38 bits per heavy atom. The lowest BCUT2D eigenvalue weighted by atomic mass is 9.67. The largest absolute Gasteiger partial charge is 0.346 e. The Labute approximate surface area is 287 Å². The summed E-state index contributed by atoms with van der Waals surface area (Å²) in [5, 5.41) is 0.368. The van der Waals surface area contributed by atoms with E-state index in [4.69, 9.17) is 23.2 Å². The van der Waals surface area contributed by atoms with E-state index in [1.54, 1.807) is 47.4 Å². The number of rotatable bonds is 6. The molecule has 232 valence electrons. The molecule has 4 atom stereocenters. The van der Waals surface area contributed by atoms with Gasteiger partial charge in [-0.25, -0.2) is 0 Å². The molecular weight excluding hydrogens is 647 g/mol. The molecule has 0 bridgehead atoms. The number of thioether (sulfide) groups is 1. The van der Waals surface area contributed by atoms with E-state index in [1.807, 2.05) is 90.7 Å². The molecule has 3 aliphatic heterocycles. The molecule has 5 nitrogen and oxygen atoms in total. The fourth-order valence-corrected chi connectivity index (χ4v) is 9.45. The number of nitrogens with zero attached hydrogens (tertiary/aromatic N) is 2. The van der Waals surface area contributed by atoms with Gasteiger partial charge < -0.3 is 9.80 Å². The molecule has 1 fully saturated rings. The minimum Gasteiger partial charge on any atom is -0.346 e. The fraction of sp³-hybridized carbons (Fsp3) is 0.154. The summed E-state index contributed by atoms with van der Waals surface area (Å²) in [6.45, 7) is 2.27. The number of hydrogen-bond acceptors (Lipinski definition) is 5. The molecule has 0 radical (unpaired) electrons. The molecule has 1 amide bonds. The first kappa shape index (κ1) is 30.0. The van der Waals surface area contributed by atoms with Crippen LogP contribution in [0.2, 0.25) is 10.0 Å². The highest BCUT2D eigenvalue weighted by molar-refractivity contribution is 8.00. The smallest absolute Gasteiger partial charge is 0.241 e. The number of fused-ring (bicyclic) bond motifs is 6. The van der Waals surface area contributed by atoms with Crippen molar-refractivity contribution in [2.24, 2.45) is 5.92 Å². The van der Waals surface area contributed by atoms with Crippen LogP contribution in [0.15, 0.2) is 126 Å². The van der Waals surface area contributed by atoms with Gasteiger partial charge in [0.2, 0.25) is 5.91 Å². The van der Waals surface area contributed by atoms with Gasteiger partial charge in [-0.1, -0.05) is 107 Å². The SMILES string of the molecule is Cc1ccc(C(=O)[C@@H]2[C@@H](C(=O)c3ccc(Cl)cc3)N3c4ccccc4S[C@@H]3[C@@]23C(=O)N(Cc2ccccc2)c2ccc(Cl)cc23)cc1. The summed E-state index contributed by atoms with van der Waals surface area (Å²) in [7, 11) is 0. The Hall–Kier alpha value is -4.36. The minimum absolute atomic E-state index is 0.217. The molecule has 1 spiro atoms. The van der Waals surface area contributed by atoms with Crippen molar-refractivity contribution in [3.05, 3.63) is 159 Å². The second-order valence-corrected chi connectivity index (χ2v) is 14.3. The molecule has 0 N–H and O–H groups in total. The van der Waals surface area contributed by atoms with Gasteiger partial charge in [-0.05, 0) is 72.6 Å². The summed E-state index contributed by atoms with van der Waals surface area (Å²) in [5.41, 5.74) is 3.57. The van der Waals surface area contributed by atoms with Crippen molar-refractivity contribution in [3.8, 4) is 0 Å². The molecular formula is C39H28Cl2N2O3S. The van der Waals surface area contributed by atoms with Crippen molar-refractivity contribution < 1.29 is 14.4 Å². The van der Waals surface area contributed by atoms with Crippen molar-refractivity contribution in [2.75, 3.05) is 9.80 Å². The predicted molar refractivity (Wildman–Crippen MR) is 188 cm³/mol. The number of anilines is 2. The van der Waals surface area contributed by atoms with Gasteiger partial charge in [0.1, 0.15) is 11.5 Å². The van der Waals surface area contributed by atoms with E-state index in [2.05, 4.69) is 0 Å². The third-order valence-electron chi connectivity index (χ3n) is 9.62. The lowest BCUT2D eigenvalue weighted by Gasteiger charge is -2.34. The number of hydrogen-bond donors (Lipinski definition) is 0. The molecule has 1 saturated heterocycles. The summed E-state index contributed by atoms with van der Waals surface area (Å²) in [4.78, 5) is 50.3. The fourth-order valence-electron chi connectivity index (χ4n) is 7.54. The number of carbonyl (C=O) groups is 3. The second-order valence-electron chi connectivity index (χ2n) is 12.3. The lowest BCUT2D eigenvalue weighted by Crippen LogP contribution is -2.52. The quantitative estimate of drug-likeness (QED) is 0.169. The summed E-state index contributed by atoms with van der Waals surface area (Å²) < 4.78 is 0. The zero-order chi connectivity index (χ0) is 32.4. The van der Waals surface area contributed by atoms with Gasteiger partial charge in [-0.15, -0.1) is 0 Å². The molecule has 8 rings (SSSR count). The van der Waals surface area contributed by atoms with Gasteiger partial charge >= 0.3 is 0 Å². The maximum atomic E-state index is 15.5. The van der Waals surface area contributed by atoms with Gasteiger partial charge in [0.25, 0.3) is 0 Å². The molecule has 47 heavy (non-hydrogen) atoms. The topological polar surface area (TPSA) is 57.7 Å². The van der Waals surface area contributed by atoms with Crippen LogP contribution in [0.25, 0.3) is 0 Å². The highest BCUT2D eigenvalue weighted by Gasteiger charge is 2.73. The lowest BCUT2D eigenvalue weighted by molar-refractivity contribution is -0.123. The van der Waals surface area contributed by atoms with Gasteiger partial charge in [0.05, 0.1) is 23.5 Å². The van der Waals surface area contributed by atoms with E-state index in [-0.39, 0.29) is 17.5 Å². The van der Waals surface area contributed by atoms with Crippen molar-refractivity contribution in [3.63, 3.8) is 0 Å². The molecule has 3 heterocycles. The van der Waals surface area contributed by atoms with Crippen LogP contribution >= 0.6 is 35.0 Å². The average molecular weight is 676 g/mol. The average Bonchev–Trinajstić information content (AvgIpc) is 3.68. The first-order valence-electron chi connectivity index (χ1n) is 15.4. The van der Waals surface area contributed by atoms with E-state index in [1.165, 1.54) is 11.8 Å². The van der Waals surface area contributed by atoms with Crippen LogP contribution in [-0.4, -0.2) is 28.9 Å². The first-order valence-corrected chi connectivity index (χ1v) is 17.0. The van der Waals surface area contributed by atoms with Gasteiger partial charge in [0.15, 0.2) is 11.6 Å². The first-order chi connectivity index (χ1) is 22.8. The molecule has 5 aromatic carbocycles.